The van der Waals surface area contributed by atoms with E-state index in [1.165, 1.54) is 21.0 Å². The van der Waals surface area contributed by atoms with Crippen LogP contribution in [0.15, 0.2) is 58.7 Å². The molecule has 2 N–H and O–H groups in total. The predicted molar refractivity (Wildman–Crippen MR) is 129 cm³/mol. The summed E-state index contributed by atoms with van der Waals surface area (Å²) in [4.78, 5) is 23.1. The average molecular weight is 472 g/mol. The Labute approximate surface area is 195 Å². The van der Waals surface area contributed by atoms with Gasteiger partial charge in [-0.3, -0.25) is 4.79 Å². The highest BCUT2D eigenvalue weighted by Crippen LogP contribution is 2.48. The number of carbonyl (C=O) groups excluding carboxylic acids is 1. The van der Waals surface area contributed by atoms with Gasteiger partial charge in [-0.2, -0.15) is 0 Å². The van der Waals surface area contributed by atoms with Gasteiger partial charge in [0.2, 0.25) is 5.91 Å². The predicted octanol–water partition coefficient (Wildman–Crippen LogP) is 2.22. The molecule has 0 aromatic heterocycles. The summed E-state index contributed by atoms with van der Waals surface area (Å²) in [6.45, 7) is 3.02. The van der Waals surface area contributed by atoms with Crippen molar-refractivity contribution in [3.63, 3.8) is 0 Å². The Morgan fingerprint density at radius 2 is 2.06 bits per heavy atom. The second kappa shape index (κ2) is 8.13. The number of hydrogen-bond donors (Lipinski definition) is 2. The molecule has 3 atom stereocenters. The van der Waals surface area contributed by atoms with Crippen molar-refractivity contribution in [1.29, 1.82) is 0 Å². The Morgan fingerprint density at radius 3 is 2.88 bits per heavy atom. The molecule has 1 aromatic carbocycles. The number of hydrogen-bond acceptors (Lipinski definition) is 6. The van der Waals surface area contributed by atoms with Gasteiger partial charge in [0, 0.05) is 29.8 Å². The van der Waals surface area contributed by atoms with Crippen molar-refractivity contribution in [2.75, 3.05) is 44.1 Å². The lowest BCUT2D eigenvalue weighted by molar-refractivity contribution is -0.137. The van der Waals surface area contributed by atoms with Crippen LogP contribution in [0.5, 0.6) is 0 Å². The molecule has 3 unspecified atom stereocenters. The lowest BCUT2D eigenvalue weighted by atomic mass is 10.1. The fourth-order valence-electron chi connectivity index (χ4n) is 5.21. The van der Waals surface area contributed by atoms with Crippen LogP contribution in [0.1, 0.15) is 6.42 Å². The minimum Gasteiger partial charge on any atom is -0.378 e. The molecule has 5 aliphatic rings. The first kappa shape index (κ1) is 20.7. The monoisotopic (exact) mass is 471 g/mol. The van der Waals surface area contributed by atoms with Gasteiger partial charge in [-0.25, -0.2) is 15.8 Å². The molecule has 0 radical (unpaired) electrons. The maximum atomic E-state index is 14.0. The van der Waals surface area contributed by atoms with Crippen LogP contribution in [-0.4, -0.2) is 72.1 Å². The number of anilines is 1. The quantitative estimate of drug-likeness (QED) is 0.645. The molecule has 1 aliphatic carbocycles. The molecule has 9 heteroatoms. The first-order chi connectivity index (χ1) is 15.6. The van der Waals surface area contributed by atoms with E-state index in [9.17, 15) is 4.79 Å². The van der Waals surface area contributed by atoms with Gasteiger partial charge >= 0.3 is 0 Å². The fourth-order valence-corrected chi connectivity index (χ4v) is 7.55. The van der Waals surface area contributed by atoms with Gasteiger partial charge in [-0.05, 0) is 30.4 Å². The zero-order valence-corrected chi connectivity index (χ0v) is 19.5. The number of benzene rings is 1. The van der Waals surface area contributed by atoms with Crippen LogP contribution < -0.4 is 15.8 Å². The second-order valence-corrected chi connectivity index (χ2v) is 10.7. The SMILES string of the molecule is CS1=C2C(=CN(c3ccccc3Cl)C(C(=O)N3CCOCC3)C3NNCN23)C2=C1C=CC2. The van der Waals surface area contributed by atoms with Crippen LogP contribution in [0.3, 0.4) is 0 Å². The van der Waals surface area contributed by atoms with Crippen LogP contribution in [-0.2, 0) is 9.53 Å². The van der Waals surface area contributed by atoms with Crippen LogP contribution >= 0.6 is 22.1 Å². The van der Waals surface area contributed by atoms with E-state index in [2.05, 4.69) is 45.3 Å². The van der Waals surface area contributed by atoms with Gasteiger partial charge in [0.1, 0.15) is 12.2 Å². The number of nitrogens with one attached hydrogen (secondary N) is 2. The standard InChI is InChI=1S/C23H26ClN5O2S/c1-32-19-8-4-5-15(19)16-13-28(18-7-3-2-6-17(18)24)20(21-26-25-14-29(21)23(16)32)22(30)27-9-11-31-12-10-27/h2-4,6-8,13,20-21,25-26H,5,9-12,14H2,1H3. The summed E-state index contributed by atoms with van der Waals surface area (Å²) in [6.07, 6.45) is 9.69. The van der Waals surface area contributed by atoms with Crippen LogP contribution in [0, 0.1) is 0 Å². The molecule has 0 spiro atoms. The van der Waals surface area contributed by atoms with E-state index in [0.29, 0.717) is 38.0 Å². The zero-order valence-electron chi connectivity index (χ0n) is 17.9. The van der Waals surface area contributed by atoms with Crippen molar-refractivity contribution in [2.24, 2.45) is 0 Å². The third kappa shape index (κ3) is 3.13. The van der Waals surface area contributed by atoms with Gasteiger partial charge in [0.05, 0.1) is 35.6 Å². The van der Waals surface area contributed by atoms with E-state index in [0.717, 1.165) is 12.1 Å². The summed E-state index contributed by atoms with van der Waals surface area (Å²) in [5.41, 5.74) is 10.2. The number of allylic oxidation sites excluding steroid dienone is 2. The van der Waals surface area contributed by atoms with E-state index in [1.54, 1.807) is 0 Å². The van der Waals surface area contributed by atoms with Gasteiger partial charge in [0.15, 0.2) is 0 Å². The molecule has 1 aromatic rings. The Balaban J connectivity index is 1.53. The highest BCUT2D eigenvalue weighted by Gasteiger charge is 2.48. The largest absolute Gasteiger partial charge is 0.378 e. The highest BCUT2D eigenvalue weighted by atomic mass is 35.5. The van der Waals surface area contributed by atoms with Crippen molar-refractivity contribution in [1.82, 2.24) is 20.7 Å². The van der Waals surface area contributed by atoms with Crippen LogP contribution in [0.4, 0.5) is 5.69 Å². The van der Waals surface area contributed by atoms with E-state index in [-0.39, 0.29) is 22.6 Å². The maximum Gasteiger partial charge on any atom is 0.248 e. The molecule has 4 heterocycles. The molecule has 0 saturated carbocycles. The molecule has 0 bridgehead atoms. The zero-order chi connectivity index (χ0) is 21.8. The third-order valence-electron chi connectivity index (χ3n) is 6.73. The van der Waals surface area contributed by atoms with Gasteiger partial charge in [-0.1, -0.05) is 35.9 Å². The summed E-state index contributed by atoms with van der Waals surface area (Å²) in [5, 5.41) is 0.636. The highest BCUT2D eigenvalue weighted by molar-refractivity contribution is 8.19. The Morgan fingerprint density at radius 1 is 1.25 bits per heavy atom. The summed E-state index contributed by atoms with van der Waals surface area (Å²) in [7, 11) is -0.0435. The maximum absolute atomic E-state index is 14.0. The van der Waals surface area contributed by atoms with Crippen LogP contribution in [0.25, 0.3) is 0 Å². The van der Waals surface area contributed by atoms with Gasteiger partial charge in [0.25, 0.3) is 0 Å². The van der Waals surface area contributed by atoms with Crippen molar-refractivity contribution < 1.29 is 9.53 Å². The minimum absolute atomic E-state index is 0.0435. The molecule has 32 heavy (non-hydrogen) atoms. The molecule has 6 rings (SSSR count). The first-order valence-electron chi connectivity index (χ1n) is 10.9. The summed E-state index contributed by atoms with van der Waals surface area (Å²) in [5.74, 6) is 0.0894. The number of ether oxygens (including phenoxy) is 1. The molecule has 2 fully saturated rings. The normalized spacial score (nSPS) is 29.8. The topological polar surface area (TPSA) is 60.1 Å². The molecule has 4 aliphatic heterocycles. The lowest BCUT2D eigenvalue weighted by Crippen LogP contribution is -2.61. The summed E-state index contributed by atoms with van der Waals surface area (Å²) < 4.78 is 5.51. The third-order valence-corrected chi connectivity index (χ3v) is 9.13. The molecular formula is C23H26ClN5O2S. The number of fused-ring (bicyclic) bond motifs is 4. The smallest absolute Gasteiger partial charge is 0.248 e. The number of nitrogens with zero attached hydrogens (tertiary/aromatic N) is 3. The summed E-state index contributed by atoms with van der Waals surface area (Å²) in [6, 6.07) is 7.32. The number of rotatable bonds is 2. The van der Waals surface area contributed by atoms with Crippen LogP contribution in [0.2, 0.25) is 5.02 Å². The number of hydrazine groups is 1. The Hall–Kier alpha value is -1.94. The molecule has 7 nitrogen and oxygen atoms in total. The second-order valence-electron chi connectivity index (χ2n) is 8.44. The molecule has 168 valence electrons. The van der Waals surface area contributed by atoms with Gasteiger partial charge in [-0.15, -0.1) is 10.5 Å². The van der Waals surface area contributed by atoms with E-state index < -0.39 is 6.04 Å². The molecular weight excluding hydrogens is 446 g/mol. The van der Waals surface area contributed by atoms with E-state index >= 15 is 0 Å². The Bertz CT molecular complexity index is 1110. The van der Waals surface area contributed by atoms with E-state index in [1.807, 2.05) is 29.2 Å². The number of amides is 1. The number of morpholine rings is 1. The van der Waals surface area contributed by atoms with Gasteiger partial charge < -0.3 is 14.5 Å². The lowest BCUT2D eigenvalue weighted by Gasteiger charge is -2.39. The first-order valence-corrected chi connectivity index (χ1v) is 13.0. The number of carbonyl (C=O) groups is 1. The van der Waals surface area contributed by atoms with Crippen molar-refractivity contribution in [2.45, 2.75) is 18.6 Å². The van der Waals surface area contributed by atoms with Crippen molar-refractivity contribution >= 4 is 38.7 Å². The average Bonchev–Trinajstić information content (AvgIpc) is 3.51. The molecule has 1 amide bonds. The van der Waals surface area contributed by atoms with E-state index in [4.69, 9.17) is 16.3 Å². The Kier molecular flexibility index (Phi) is 5.24. The van der Waals surface area contributed by atoms with Crippen molar-refractivity contribution in [3.05, 3.63) is 63.7 Å². The number of para-hydroxylation sites is 1. The summed E-state index contributed by atoms with van der Waals surface area (Å²) >= 11 is 6.70. The fraction of sp³-hybridized carbons (Fsp3) is 0.391. The molecule has 2 saturated heterocycles. The number of halogens is 1. The minimum atomic E-state index is -0.469. The van der Waals surface area contributed by atoms with Crippen molar-refractivity contribution in [3.8, 4) is 0 Å².